The number of ether oxygens (including phenoxy) is 1. The summed E-state index contributed by atoms with van der Waals surface area (Å²) in [6, 6.07) is 6.76. The summed E-state index contributed by atoms with van der Waals surface area (Å²) in [7, 11) is 0. The standard InChI is InChI=1S/C13H15F2NO2S/c14-12(15)7-18-11-4-2-1-3-10(11)16-6-9(8-19)5-13(16)17/h1-4,9,12,19H,5-8H2. The number of benzene rings is 1. The van der Waals surface area contributed by atoms with Gasteiger partial charge in [-0.15, -0.1) is 0 Å². The van der Waals surface area contributed by atoms with Crippen molar-refractivity contribution in [2.24, 2.45) is 5.92 Å². The van der Waals surface area contributed by atoms with Gasteiger partial charge in [-0.1, -0.05) is 12.1 Å². The quantitative estimate of drug-likeness (QED) is 0.844. The van der Waals surface area contributed by atoms with Gasteiger partial charge >= 0.3 is 0 Å². The smallest absolute Gasteiger partial charge is 0.272 e. The molecule has 1 heterocycles. The zero-order valence-electron chi connectivity index (χ0n) is 10.3. The van der Waals surface area contributed by atoms with E-state index in [0.29, 0.717) is 30.2 Å². The Morgan fingerprint density at radius 3 is 2.79 bits per heavy atom. The molecule has 1 aliphatic rings. The van der Waals surface area contributed by atoms with Crippen LogP contribution in [0.25, 0.3) is 0 Å². The Hall–Kier alpha value is -1.30. The molecule has 0 aliphatic carbocycles. The van der Waals surface area contributed by atoms with E-state index < -0.39 is 13.0 Å². The fraction of sp³-hybridized carbons (Fsp3) is 0.462. The Balaban J connectivity index is 2.17. The third-order valence-corrected chi connectivity index (χ3v) is 3.50. The second-order valence-electron chi connectivity index (χ2n) is 4.43. The number of carbonyl (C=O) groups is 1. The van der Waals surface area contributed by atoms with Crippen molar-refractivity contribution in [1.29, 1.82) is 0 Å². The molecule has 0 aromatic heterocycles. The van der Waals surface area contributed by atoms with Gasteiger partial charge in [-0.05, 0) is 23.8 Å². The fourth-order valence-corrected chi connectivity index (χ4v) is 2.34. The van der Waals surface area contributed by atoms with Crippen molar-refractivity contribution in [3.63, 3.8) is 0 Å². The lowest BCUT2D eigenvalue weighted by atomic mass is 10.1. The fourth-order valence-electron chi connectivity index (χ4n) is 2.09. The summed E-state index contributed by atoms with van der Waals surface area (Å²) < 4.78 is 29.5. The largest absolute Gasteiger partial charge is 0.485 e. The zero-order chi connectivity index (χ0) is 13.8. The van der Waals surface area contributed by atoms with Gasteiger partial charge in [0.15, 0.2) is 0 Å². The first kappa shape index (κ1) is 14.1. The van der Waals surface area contributed by atoms with Crippen LogP contribution < -0.4 is 9.64 Å². The van der Waals surface area contributed by atoms with Gasteiger partial charge in [-0.25, -0.2) is 8.78 Å². The number of alkyl halides is 2. The minimum absolute atomic E-state index is 0.0212. The highest BCUT2D eigenvalue weighted by atomic mass is 32.1. The molecule has 0 N–H and O–H groups in total. The number of anilines is 1. The molecule has 0 radical (unpaired) electrons. The molecular weight excluding hydrogens is 272 g/mol. The van der Waals surface area contributed by atoms with Gasteiger partial charge in [0.1, 0.15) is 12.4 Å². The monoisotopic (exact) mass is 287 g/mol. The van der Waals surface area contributed by atoms with Gasteiger partial charge in [-0.3, -0.25) is 4.79 Å². The predicted molar refractivity (Wildman–Crippen MR) is 72.3 cm³/mol. The first-order valence-corrected chi connectivity index (χ1v) is 6.66. The van der Waals surface area contributed by atoms with Crippen molar-refractivity contribution in [1.82, 2.24) is 0 Å². The number of amides is 1. The van der Waals surface area contributed by atoms with E-state index in [1.165, 1.54) is 0 Å². The molecule has 0 spiro atoms. The van der Waals surface area contributed by atoms with Crippen molar-refractivity contribution < 1.29 is 18.3 Å². The highest BCUT2D eigenvalue weighted by Crippen LogP contribution is 2.33. The van der Waals surface area contributed by atoms with Crippen molar-refractivity contribution in [2.45, 2.75) is 12.8 Å². The molecule has 104 valence electrons. The Morgan fingerprint density at radius 1 is 1.42 bits per heavy atom. The second-order valence-corrected chi connectivity index (χ2v) is 4.79. The lowest BCUT2D eigenvalue weighted by Gasteiger charge is -2.20. The van der Waals surface area contributed by atoms with Gasteiger partial charge in [0.2, 0.25) is 5.91 Å². The van der Waals surface area contributed by atoms with Crippen LogP contribution in [-0.4, -0.2) is 31.2 Å². The third-order valence-electron chi connectivity index (χ3n) is 2.98. The highest BCUT2D eigenvalue weighted by molar-refractivity contribution is 7.80. The Labute approximate surface area is 116 Å². The normalized spacial score (nSPS) is 19.3. The number of rotatable bonds is 5. The van der Waals surface area contributed by atoms with Gasteiger partial charge in [-0.2, -0.15) is 12.6 Å². The molecule has 6 heteroatoms. The van der Waals surface area contributed by atoms with E-state index in [1.807, 2.05) is 0 Å². The average Bonchev–Trinajstić information content (AvgIpc) is 2.78. The molecular formula is C13H15F2NO2S. The molecule has 2 rings (SSSR count). The molecule has 19 heavy (non-hydrogen) atoms. The lowest BCUT2D eigenvalue weighted by molar-refractivity contribution is -0.117. The molecule has 3 nitrogen and oxygen atoms in total. The molecule has 0 saturated carbocycles. The van der Waals surface area contributed by atoms with E-state index in [2.05, 4.69) is 12.6 Å². The average molecular weight is 287 g/mol. The maximum Gasteiger partial charge on any atom is 0.272 e. The van der Waals surface area contributed by atoms with Crippen molar-refractivity contribution in [3.05, 3.63) is 24.3 Å². The second kappa shape index (κ2) is 6.23. The van der Waals surface area contributed by atoms with E-state index in [1.54, 1.807) is 29.2 Å². The minimum atomic E-state index is -2.53. The summed E-state index contributed by atoms with van der Waals surface area (Å²) in [5.74, 6) is 1.12. The lowest BCUT2D eigenvalue weighted by Crippen LogP contribution is -2.25. The van der Waals surface area contributed by atoms with Crippen LogP contribution in [0.1, 0.15) is 6.42 Å². The number of hydrogen-bond acceptors (Lipinski definition) is 3. The van der Waals surface area contributed by atoms with Crippen LogP contribution in [0.5, 0.6) is 5.75 Å². The van der Waals surface area contributed by atoms with Gasteiger partial charge in [0.25, 0.3) is 6.43 Å². The Morgan fingerprint density at radius 2 is 2.16 bits per heavy atom. The molecule has 1 aromatic carbocycles. The number of nitrogens with zero attached hydrogens (tertiary/aromatic N) is 1. The van der Waals surface area contributed by atoms with Crippen LogP contribution in [-0.2, 0) is 4.79 Å². The Kier molecular flexibility index (Phi) is 4.63. The van der Waals surface area contributed by atoms with E-state index >= 15 is 0 Å². The molecule has 1 saturated heterocycles. The molecule has 1 fully saturated rings. The third kappa shape index (κ3) is 3.37. The molecule has 1 unspecified atom stereocenters. The summed E-state index contributed by atoms with van der Waals surface area (Å²) in [6.07, 6.45) is -2.10. The van der Waals surface area contributed by atoms with Gasteiger partial charge in [0, 0.05) is 13.0 Å². The summed E-state index contributed by atoms with van der Waals surface area (Å²) in [5, 5.41) is 0. The zero-order valence-corrected chi connectivity index (χ0v) is 11.2. The van der Waals surface area contributed by atoms with Crippen molar-refractivity contribution in [2.75, 3.05) is 23.8 Å². The number of thiol groups is 1. The van der Waals surface area contributed by atoms with Crippen LogP contribution in [0.3, 0.4) is 0 Å². The van der Waals surface area contributed by atoms with Gasteiger partial charge in [0.05, 0.1) is 5.69 Å². The summed E-state index contributed by atoms with van der Waals surface area (Å²) in [6.45, 7) is -0.119. The number of hydrogen-bond donors (Lipinski definition) is 1. The molecule has 1 amide bonds. The molecule has 0 bridgehead atoms. The molecule has 1 aliphatic heterocycles. The Bertz CT molecular complexity index is 456. The maximum atomic E-state index is 12.2. The van der Waals surface area contributed by atoms with Gasteiger partial charge < -0.3 is 9.64 Å². The topological polar surface area (TPSA) is 29.5 Å². The van der Waals surface area contributed by atoms with Crippen molar-refractivity contribution in [3.8, 4) is 5.75 Å². The minimum Gasteiger partial charge on any atom is -0.485 e. The number of halogens is 2. The number of para-hydroxylation sites is 2. The molecule has 1 aromatic rings. The van der Waals surface area contributed by atoms with E-state index in [9.17, 15) is 13.6 Å². The van der Waals surface area contributed by atoms with E-state index in [0.717, 1.165) is 0 Å². The summed E-state index contributed by atoms with van der Waals surface area (Å²) >= 11 is 4.19. The SMILES string of the molecule is O=C1CC(CS)CN1c1ccccc1OCC(F)F. The first-order valence-electron chi connectivity index (χ1n) is 6.03. The van der Waals surface area contributed by atoms with Crippen LogP contribution in [0.15, 0.2) is 24.3 Å². The maximum absolute atomic E-state index is 12.2. The highest BCUT2D eigenvalue weighted by Gasteiger charge is 2.31. The van der Waals surface area contributed by atoms with E-state index in [4.69, 9.17) is 4.74 Å². The molecule has 1 atom stereocenters. The van der Waals surface area contributed by atoms with Crippen LogP contribution in [0.4, 0.5) is 14.5 Å². The van der Waals surface area contributed by atoms with Crippen LogP contribution in [0, 0.1) is 5.92 Å². The van der Waals surface area contributed by atoms with Crippen LogP contribution in [0.2, 0.25) is 0 Å². The predicted octanol–water partition coefficient (Wildman–Crippen LogP) is 2.61. The summed E-state index contributed by atoms with van der Waals surface area (Å²) in [4.78, 5) is 13.5. The van der Waals surface area contributed by atoms with Crippen LogP contribution >= 0.6 is 12.6 Å². The number of carbonyl (C=O) groups excluding carboxylic acids is 1. The van der Waals surface area contributed by atoms with Crippen molar-refractivity contribution >= 4 is 24.2 Å². The summed E-state index contributed by atoms with van der Waals surface area (Å²) in [5.41, 5.74) is 0.553. The first-order chi connectivity index (χ1) is 9.11. The van der Waals surface area contributed by atoms with E-state index in [-0.39, 0.29) is 11.8 Å².